The maximum atomic E-state index is 13.0. The summed E-state index contributed by atoms with van der Waals surface area (Å²) in [4.78, 5) is 52.3. The summed E-state index contributed by atoms with van der Waals surface area (Å²) in [6.45, 7) is 1.83. The molecule has 1 aromatic heterocycles. The zero-order chi connectivity index (χ0) is 25.1. The van der Waals surface area contributed by atoms with Crippen molar-refractivity contribution in [2.45, 2.75) is 38.8 Å². The number of benzene rings is 2. The highest BCUT2D eigenvalue weighted by molar-refractivity contribution is 6.31. The quantitative estimate of drug-likeness (QED) is 0.296. The van der Waals surface area contributed by atoms with Crippen molar-refractivity contribution >= 4 is 52.6 Å². The van der Waals surface area contributed by atoms with E-state index in [1.807, 2.05) is 0 Å². The van der Waals surface area contributed by atoms with Crippen molar-refractivity contribution in [3.8, 4) is 5.75 Å². The van der Waals surface area contributed by atoms with Crippen LogP contribution in [0.25, 0.3) is 11.0 Å². The molecule has 0 saturated carbocycles. The second-order valence-electron chi connectivity index (χ2n) is 8.16. The smallest absolute Gasteiger partial charge is 0.344 e. The monoisotopic (exact) mass is 536 g/mol. The second kappa shape index (κ2) is 11.6. The van der Waals surface area contributed by atoms with Gasteiger partial charge in [-0.25, -0.2) is 4.79 Å². The molecule has 0 saturated heterocycles. The molecular formula is C24H26Cl2N4O6. The Kier molecular flexibility index (Phi) is 8.78. The van der Waals surface area contributed by atoms with Gasteiger partial charge in [-0.2, -0.15) is 0 Å². The van der Waals surface area contributed by atoms with Gasteiger partial charge in [-0.05, 0) is 55.2 Å². The molecule has 3 aromatic rings. The minimum Gasteiger partial charge on any atom is -0.480 e. The summed E-state index contributed by atoms with van der Waals surface area (Å²) in [5.74, 6) is -0.649. The van der Waals surface area contributed by atoms with Gasteiger partial charge in [0.2, 0.25) is 5.91 Å². The Morgan fingerprint density at radius 2 is 2.03 bits per heavy atom. The Morgan fingerprint density at radius 1 is 1.25 bits per heavy atom. The van der Waals surface area contributed by atoms with Crippen LogP contribution in [0.2, 0.25) is 5.02 Å². The van der Waals surface area contributed by atoms with Crippen molar-refractivity contribution in [3.63, 3.8) is 0 Å². The van der Waals surface area contributed by atoms with Crippen molar-refractivity contribution in [1.82, 2.24) is 9.55 Å². The molecule has 1 aliphatic heterocycles. The Bertz CT molecular complexity index is 1420. The standard InChI is InChI=1S/C24H25ClN4O6.ClH/c1-2-34-21(31)12-35-19-7-13(11-26)3-6-17(19)27-20(30)10-16-5-4-14-8-15(25)9-18-22(14)29(16)24(33)23(32)28-18;/h3,6-9,16H,2,4-5,10-12,26H2,1H3,(H,27,30)(H,28,32);1H/t16-;/m0./s1. The van der Waals surface area contributed by atoms with Crippen LogP contribution in [0.1, 0.15) is 36.9 Å². The first-order valence-corrected chi connectivity index (χ1v) is 11.6. The van der Waals surface area contributed by atoms with Gasteiger partial charge in [-0.1, -0.05) is 17.7 Å². The van der Waals surface area contributed by atoms with Gasteiger partial charge >= 0.3 is 17.1 Å². The van der Waals surface area contributed by atoms with Crippen molar-refractivity contribution in [1.29, 1.82) is 0 Å². The van der Waals surface area contributed by atoms with E-state index in [9.17, 15) is 19.2 Å². The zero-order valence-electron chi connectivity index (χ0n) is 19.5. The molecule has 192 valence electrons. The molecule has 10 nitrogen and oxygen atoms in total. The molecule has 0 fully saturated rings. The predicted molar refractivity (Wildman–Crippen MR) is 138 cm³/mol. The number of carbonyl (C=O) groups excluding carboxylic acids is 2. The minimum atomic E-state index is -0.773. The number of aryl methyl sites for hydroxylation is 1. The summed E-state index contributed by atoms with van der Waals surface area (Å²) in [7, 11) is 0. The number of hydrogen-bond acceptors (Lipinski definition) is 7. The largest absolute Gasteiger partial charge is 0.480 e. The first-order valence-electron chi connectivity index (χ1n) is 11.2. The van der Waals surface area contributed by atoms with E-state index in [0.717, 1.165) is 11.1 Å². The van der Waals surface area contributed by atoms with E-state index in [1.165, 1.54) is 4.57 Å². The van der Waals surface area contributed by atoms with E-state index < -0.39 is 23.1 Å². The number of halogens is 2. The lowest BCUT2D eigenvalue weighted by molar-refractivity contribution is -0.145. The first kappa shape index (κ1) is 27.3. The minimum absolute atomic E-state index is 0. The Balaban J connectivity index is 0.00000361. The predicted octanol–water partition coefficient (Wildman–Crippen LogP) is 2.68. The average Bonchev–Trinajstić information content (AvgIpc) is 2.82. The van der Waals surface area contributed by atoms with Crippen LogP contribution in [0.4, 0.5) is 5.69 Å². The number of nitrogens with zero attached hydrogens (tertiary/aromatic N) is 1. The fraction of sp³-hybridized carbons (Fsp3) is 0.333. The summed E-state index contributed by atoms with van der Waals surface area (Å²) in [5.41, 5.74) is 7.18. The van der Waals surface area contributed by atoms with Crippen LogP contribution in [-0.4, -0.2) is 34.6 Å². The van der Waals surface area contributed by atoms with E-state index in [2.05, 4.69) is 10.3 Å². The summed E-state index contributed by atoms with van der Waals surface area (Å²) in [6, 6.07) is 7.84. The SMILES string of the molecule is CCOC(=O)COc1cc(CN)ccc1NC(=O)C[C@@H]1CCc2cc(Cl)cc3[nH]c(=O)c(=O)n1c23.Cl. The molecule has 0 spiro atoms. The molecule has 2 heterocycles. The van der Waals surface area contributed by atoms with Crippen LogP contribution in [0.3, 0.4) is 0 Å². The second-order valence-corrected chi connectivity index (χ2v) is 8.60. The van der Waals surface area contributed by atoms with Gasteiger partial charge < -0.3 is 25.5 Å². The van der Waals surface area contributed by atoms with Crippen molar-refractivity contribution in [3.05, 3.63) is 67.2 Å². The number of nitrogens with one attached hydrogen (secondary N) is 2. The van der Waals surface area contributed by atoms with Gasteiger partial charge in [0.25, 0.3) is 0 Å². The Labute approximate surface area is 217 Å². The van der Waals surface area contributed by atoms with Crippen LogP contribution in [-0.2, 0) is 27.3 Å². The van der Waals surface area contributed by atoms with E-state index in [0.29, 0.717) is 34.6 Å². The number of anilines is 1. The molecule has 4 rings (SSSR count). The summed E-state index contributed by atoms with van der Waals surface area (Å²) >= 11 is 6.16. The summed E-state index contributed by atoms with van der Waals surface area (Å²) in [5, 5.41) is 3.24. The number of aromatic nitrogens is 2. The van der Waals surface area contributed by atoms with Gasteiger partial charge in [0, 0.05) is 24.0 Å². The molecule has 1 aliphatic rings. The van der Waals surface area contributed by atoms with Gasteiger partial charge in [0.15, 0.2) is 6.61 Å². The average molecular weight is 537 g/mol. The number of esters is 1. The molecule has 0 radical (unpaired) electrons. The number of aromatic amines is 1. The third-order valence-corrected chi connectivity index (χ3v) is 6.01. The first-order chi connectivity index (χ1) is 16.8. The molecule has 4 N–H and O–H groups in total. The number of nitrogens with two attached hydrogens (primary N) is 1. The van der Waals surface area contributed by atoms with Crippen LogP contribution in [0.5, 0.6) is 5.75 Å². The Hall–Kier alpha value is -3.34. The maximum absolute atomic E-state index is 13.0. The number of ether oxygens (including phenoxy) is 2. The van der Waals surface area contributed by atoms with Crippen molar-refractivity contribution in [2.24, 2.45) is 5.73 Å². The summed E-state index contributed by atoms with van der Waals surface area (Å²) < 4.78 is 11.8. The highest BCUT2D eigenvalue weighted by Gasteiger charge is 2.27. The van der Waals surface area contributed by atoms with E-state index >= 15 is 0 Å². The van der Waals surface area contributed by atoms with Crippen LogP contribution in [0.15, 0.2) is 39.9 Å². The number of rotatable bonds is 8. The highest BCUT2D eigenvalue weighted by atomic mass is 35.5. The van der Waals surface area contributed by atoms with Crippen molar-refractivity contribution in [2.75, 3.05) is 18.5 Å². The normalized spacial score (nSPS) is 14.1. The zero-order valence-corrected chi connectivity index (χ0v) is 21.0. The third kappa shape index (κ3) is 5.72. The number of H-pyrrole nitrogens is 1. The van der Waals surface area contributed by atoms with Crippen molar-refractivity contribution < 1.29 is 19.1 Å². The van der Waals surface area contributed by atoms with E-state index in [-0.39, 0.29) is 50.2 Å². The molecule has 1 amide bonds. The third-order valence-electron chi connectivity index (χ3n) is 5.80. The number of amides is 1. The lowest BCUT2D eigenvalue weighted by Crippen LogP contribution is -2.41. The maximum Gasteiger partial charge on any atom is 0.344 e. The molecule has 2 aromatic carbocycles. The Morgan fingerprint density at radius 3 is 2.75 bits per heavy atom. The molecule has 0 unspecified atom stereocenters. The highest BCUT2D eigenvalue weighted by Crippen LogP contribution is 2.33. The van der Waals surface area contributed by atoms with E-state index in [4.69, 9.17) is 26.8 Å². The fourth-order valence-corrected chi connectivity index (χ4v) is 4.52. The topological polar surface area (TPSA) is 146 Å². The van der Waals surface area contributed by atoms with Crippen LogP contribution in [0, 0.1) is 0 Å². The van der Waals surface area contributed by atoms with Gasteiger partial charge in [0.05, 0.1) is 23.3 Å². The molecule has 0 aliphatic carbocycles. The lowest BCUT2D eigenvalue weighted by atomic mass is 9.96. The molecule has 36 heavy (non-hydrogen) atoms. The summed E-state index contributed by atoms with van der Waals surface area (Å²) in [6.07, 6.45) is 1.04. The molecule has 12 heteroatoms. The molecular weight excluding hydrogens is 511 g/mol. The van der Waals surface area contributed by atoms with Gasteiger partial charge in [-0.15, -0.1) is 12.4 Å². The number of carbonyl (C=O) groups is 2. The lowest BCUT2D eigenvalue weighted by Gasteiger charge is -2.27. The van der Waals surface area contributed by atoms with Gasteiger partial charge in [-0.3, -0.25) is 19.0 Å². The molecule has 0 bridgehead atoms. The van der Waals surface area contributed by atoms with Crippen LogP contribution >= 0.6 is 24.0 Å². The fourth-order valence-electron chi connectivity index (χ4n) is 4.28. The van der Waals surface area contributed by atoms with E-state index in [1.54, 1.807) is 37.3 Å². The van der Waals surface area contributed by atoms with Crippen LogP contribution < -0.4 is 26.9 Å². The van der Waals surface area contributed by atoms with Gasteiger partial charge in [0.1, 0.15) is 5.75 Å². The number of hydrogen-bond donors (Lipinski definition) is 3. The molecule has 1 atom stereocenters.